The maximum absolute atomic E-state index is 12.3. The molecule has 0 amide bonds. The van der Waals surface area contributed by atoms with Crippen LogP contribution in [0, 0.1) is 0 Å². The smallest absolute Gasteiger partial charge is 0.179 e. The van der Waals surface area contributed by atoms with Crippen LogP contribution in [0.25, 0.3) is 0 Å². The van der Waals surface area contributed by atoms with Crippen molar-refractivity contribution in [1.29, 1.82) is 0 Å². The zero-order valence-corrected chi connectivity index (χ0v) is 10.3. The lowest BCUT2D eigenvalue weighted by atomic mass is 10.00. The summed E-state index contributed by atoms with van der Waals surface area (Å²) in [5, 5.41) is 0. The molecule has 1 saturated heterocycles. The van der Waals surface area contributed by atoms with Gasteiger partial charge in [0.2, 0.25) is 0 Å². The van der Waals surface area contributed by atoms with Crippen LogP contribution in [0.4, 0.5) is 0 Å². The topological polar surface area (TPSA) is 46.3 Å². The molecule has 1 aromatic rings. The number of benzene rings is 1. The van der Waals surface area contributed by atoms with E-state index < -0.39 is 0 Å². The van der Waals surface area contributed by atoms with Crippen molar-refractivity contribution in [3.05, 3.63) is 35.9 Å². The van der Waals surface area contributed by atoms with Gasteiger partial charge in [-0.05, 0) is 26.3 Å². The highest BCUT2D eigenvalue weighted by molar-refractivity contribution is 5.99. The van der Waals surface area contributed by atoms with E-state index in [9.17, 15) is 4.79 Å². The van der Waals surface area contributed by atoms with Crippen molar-refractivity contribution in [3.8, 4) is 0 Å². The Kier molecular flexibility index (Phi) is 3.92. The van der Waals surface area contributed by atoms with Crippen LogP contribution in [0.2, 0.25) is 0 Å². The number of carbonyl (C=O) groups is 1. The molecule has 2 rings (SSSR count). The lowest BCUT2D eigenvalue weighted by molar-refractivity contribution is 0.0794. The first-order chi connectivity index (χ1) is 8.18. The van der Waals surface area contributed by atoms with E-state index in [-0.39, 0.29) is 17.9 Å². The summed E-state index contributed by atoms with van der Waals surface area (Å²) in [4.78, 5) is 14.5. The predicted octanol–water partition coefficient (Wildman–Crippen LogP) is 1.68. The zero-order valence-electron chi connectivity index (χ0n) is 10.3. The highest BCUT2D eigenvalue weighted by Crippen LogP contribution is 2.15. The average molecular weight is 232 g/mol. The largest absolute Gasteiger partial charge is 0.327 e. The predicted molar refractivity (Wildman–Crippen MR) is 69.0 cm³/mol. The van der Waals surface area contributed by atoms with E-state index in [1.165, 1.54) is 0 Å². The van der Waals surface area contributed by atoms with Gasteiger partial charge < -0.3 is 5.73 Å². The third-order valence-electron chi connectivity index (χ3n) is 3.47. The van der Waals surface area contributed by atoms with Gasteiger partial charge in [-0.1, -0.05) is 30.3 Å². The number of rotatable bonds is 3. The number of piperidine rings is 1. The summed E-state index contributed by atoms with van der Waals surface area (Å²) in [5.41, 5.74) is 6.74. The first-order valence-corrected chi connectivity index (χ1v) is 6.27. The minimum atomic E-state index is -0.0660. The maximum atomic E-state index is 12.3. The van der Waals surface area contributed by atoms with Crippen LogP contribution >= 0.6 is 0 Å². The molecule has 0 spiro atoms. The van der Waals surface area contributed by atoms with Crippen molar-refractivity contribution >= 4 is 5.78 Å². The second kappa shape index (κ2) is 5.43. The fourth-order valence-electron chi connectivity index (χ4n) is 2.40. The Morgan fingerprint density at radius 3 is 2.76 bits per heavy atom. The molecule has 17 heavy (non-hydrogen) atoms. The van der Waals surface area contributed by atoms with Crippen LogP contribution < -0.4 is 5.73 Å². The third kappa shape index (κ3) is 2.93. The molecule has 1 aliphatic rings. The van der Waals surface area contributed by atoms with Gasteiger partial charge in [-0.3, -0.25) is 9.69 Å². The van der Waals surface area contributed by atoms with Crippen molar-refractivity contribution in [1.82, 2.24) is 4.90 Å². The molecule has 0 saturated carbocycles. The number of Topliss-reactive ketones (excluding diaryl/α,β-unsaturated/α-hetero) is 1. The molecule has 0 radical (unpaired) electrons. The molecule has 2 atom stereocenters. The number of nitrogens with two attached hydrogens (primary N) is 1. The molecule has 1 aliphatic heterocycles. The van der Waals surface area contributed by atoms with Crippen LogP contribution in [0.15, 0.2) is 30.3 Å². The molecule has 2 unspecified atom stereocenters. The summed E-state index contributed by atoms with van der Waals surface area (Å²) < 4.78 is 0. The Morgan fingerprint density at radius 1 is 1.41 bits per heavy atom. The quantitative estimate of drug-likeness (QED) is 0.807. The molecule has 1 heterocycles. The fourth-order valence-corrected chi connectivity index (χ4v) is 2.40. The van der Waals surface area contributed by atoms with E-state index >= 15 is 0 Å². The van der Waals surface area contributed by atoms with Crippen LogP contribution in [0.3, 0.4) is 0 Å². The van der Waals surface area contributed by atoms with Crippen molar-refractivity contribution in [2.75, 3.05) is 13.1 Å². The Hall–Kier alpha value is -1.19. The number of likely N-dealkylation sites (tertiary alicyclic amines) is 1. The third-order valence-corrected chi connectivity index (χ3v) is 3.47. The standard InChI is InChI=1S/C14H20N2O/c1-11(16-9-5-8-13(15)10-16)14(17)12-6-3-2-4-7-12/h2-4,6-7,11,13H,5,8-10,15H2,1H3. The SMILES string of the molecule is CC(C(=O)c1ccccc1)N1CCCC(N)C1. The van der Waals surface area contributed by atoms with Crippen molar-refractivity contribution in [3.63, 3.8) is 0 Å². The molecule has 0 bridgehead atoms. The number of ketones is 1. The van der Waals surface area contributed by atoms with Crippen LogP contribution in [0.1, 0.15) is 30.1 Å². The van der Waals surface area contributed by atoms with Crippen LogP contribution in [0.5, 0.6) is 0 Å². The Morgan fingerprint density at radius 2 is 2.12 bits per heavy atom. The first-order valence-electron chi connectivity index (χ1n) is 6.27. The fraction of sp³-hybridized carbons (Fsp3) is 0.500. The number of nitrogens with zero attached hydrogens (tertiary/aromatic N) is 1. The van der Waals surface area contributed by atoms with E-state index in [0.717, 1.165) is 31.5 Å². The summed E-state index contributed by atoms with van der Waals surface area (Å²) >= 11 is 0. The molecule has 92 valence electrons. The zero-order chi connectivity index (χ0) is 12.3. The van der Waals surface area contributed by atoms with Gasteiger partial charge in [0.15, 0.2) is 5.78 Å². The highest BCUT2D eigenvalue weighted by Gasteiger charge is 2.26. The van der Waals surface area contributed by atoms with E-state index in [0.29, 0.717) is 0 Å². The molecule has 2 N–H and O–H groups in total. The summed E-state index contributed by atoms with van der Waals surface area (Å²) in [6, 6.07) is 9.64. The first kappa shape index (κ1) is 12.3. The number of carbonyl (C=O) groups excluding carboxylic acids is 1. The van der Waals surface area contributed by atoms with Crippen molar-refractivity contribution < 1.29 is 4.79 Å². The summed E-state index contributed by atoms with van der Waals surface area (Å²) in [5.74, 6) is 0.194. The Labute approximate surface area is 103 Å². The van der Waals surface area contributed by atoms with Crippen molar-refractivity contribution in [2.45, 2.75) is 31.8 Å². The summed E-state index contributed by atoms with van der Waals surface area (Å²) in [6.07, 6.45) is 2.16. The van der Waals surface area contributed by atoms with E-state index in [2.05, 4.69) is 4.90 Å². The lowest BCUT2D eigenvalue weighted by Crippen LogP contribution is -2.49. The van der Waals surface area contributed by atoms with Gasteiger partial charge >= 0.3 is 0 Å². The summed E-state index contributed by atoms with van der Waals surface area (Å²) in [6.45, 7) is 3.79. The number of hydrogen-bond donors (Lipinski definition) is 1. The average Bonchev–Trinajstić information content (AvgIpc) is 2.38. The van der Waals surface area contributed by atoms with Gasteiger partial charge in [-0.15, -0.1) is 0 Å². The van der Waals surface area contributed by atoms with Gasteiger partial charge in [-0.2, -0.15) is 0 Å². The van der Waals surface area contributed by atoms with Crippen LogP contribution in [-0.2, 0) is 0 Å². The summed E-state index contributed by atoms with van der Waals surface area (Å²) in [7, 11) is 0. The Bertz CT molecular complexity index is 377. The van der Waals surface area contributed by atoms with Gasteiger partial charge in [0.1, 0.15) is 0 Å². The molecule has 0 aliphatic carbocycles. The molecule has 1 aromatic carbocycles. The van der Waals surface area contributed by atoms with E-state index in [4.69, 9.17) is 5.73 Å². The van der Waals surface area contributed by atoms with Crippen molar-refractivity contribution in [2.24, 2.45) is 5.73 Å². The minimum Gasteiger partial charge on any atom is -0.327 e. The van der Waals surface area contributed by atoms with Gasteiger partial charge in [0.25, 0.3) is 0 Å². The van der Waals surface area contributed by atoms with Gasteiger partial charge in [-0.25, -0.2) is 0 Å². The second-order valence-corrected chi connectivity index (χ2v) is 4.80. The molecular formula is C14H20N2O. The van der Waals surface area contributed by atoms with E-state index in [1.807, 2.05) is 37.3 Å². The highest BCUT2D eigenvalue weighted by atomic mass is 16.1. The second-order valence-electron chi connectivity index (χ2n) is 4.80. The lowest BCUT2D eigenvalue weighted by Gasteiger charge is -2.34. The van der Waals surface area contributed by atoms with Gasteiger partial charge in [0, 0.05) is 18.2 Å². The molecule has 3 nitrogen and oxygen atoms in total. The molecular weight excluding hydrogens is 212 g/mol. The maximum Gasteiger partial charge on any atom is 0.179 e. The van der Waals surface area contributed by atoms with E-state index in [1.54, 1.807) is 0 Å². The van der Waals surface area contributed by atoms with Gasteiger partial charge in [0.05, 0.1) is 6.04 Å². The minimum absolute atomic E-state index is 0.0660. The molecule has 0 aromatic heterocycles. The monoisotopic (exact) mass is 232 g/mol. The normalized spacial score (nSPS) is 23.3. The molecule has 3 heteroatoms. The number of hydrogen-bond acceptors (Lipinski definition) is 3. The Balaban J connectivity index is 2.04. The molecule has 1 fully saturated rings. The van der Waals surface area contributed by atoms with Crippen LogP contribution in [-0.4, -0.2) is 35.9 Å².